The number of amides is 1. The molecule has 3 aliphatic rings. The molecule has 3 aliphatic heterocycles. The lowest BCUT2D eigenvalue weighted by atomic mass is 9.92. The van der Waals surface area contributed by atoms with Crippen molar-refractivity contribution in [2.75, 3.05) is 19.6 Å². The number of halogens is 3. The second-order valence-electron chi connectivity index (χ2n) is 11.7. The van der Waals surface area contributed by atoms with Crippen molar-refractivity contribution in [2.45, 2.75) is 43.7 Å². The van der Waals surface area contributed by atoms with Gasteiger partial charge in [0.25, 0.3) is 0 Å². The number of nitrogens with one attached hydrogen (secondary N) is 2. The molecule has 4 aromatic rings. The van der Waals surface area contributed by atoms with Crippen LogP contribution in [0.4, 0.5) is 13.2 Å². The lowest BCUT2D eigenvalue weighted by molar-refractivity contribution is -0.192. The minimum Gasteiger partial charge on any atom is -0.475 e. The zero-order valence-electron chi connectivity index (χ0n) is 24.8. The van der Waals surface area contributed by atoms with Crippen molar-refractivity contribution < 1.29 is 32.6 Å². The van der Waals surface area contributed by atoms with Crippen molar-refractivity contribution in [3.05, 3.63) is 106 Å². The van der Waals surface area contributed by atoms with E-state index in [4.69, 9.17) is 14.6 Å². The minimum atomic E-state index is -5.08. The highest BCUT2D eigenvalue weighted by molar-refractivity contribution is 6.02. The number of nitrogens with zero attached hydrogens (tertiary/aromatic N) is 2. The minimum absolute atomic E-state index is 0.000236. The van der Waals surface area contributed by atoms with Gasteiger partial charge in [-0.3, -0.25) is 14.8 Å². The first-order chi connectivity index (χ1) is 22.1. The molecule has 46 heavy (non-hydrogen) atoms. The van der Waals surface area contributed by atoms with Crippen molar-refractivity contribution >= 4 is 41.0 Å². The third-order valence-electron chi connectivity index (χ3n) is 8.43. The zero-order valence-corrected chi connectivity index (χ0v) is 24.8. The molecule has 3 unspecified atom stereocenters. The molecular weight excluding hydrogens is 597 g/mol. The summed E-state index contributed by atoms with van der Waals surface area (Å²) >= 11 is 0. The summed E-state index contributed by atoms with van der Waals surface area (Å²) in [6.07, 6.45) is 4.35. The number of carbonyl (C=O) groups is 2. The van der Waals surface area contributed by atoms with E-state index in [2.05, 4.69) is 87.2 Å². The van der Waals surface area contributed by atoms with E-state index >= 15 is 0 Å². The Kier molecular flexibility index (Phi) is 9.05. The molecule has 1 amide bonds. The molecule has 0 radical (unpaired) electrons. The highest BCUT2D eigenvalue weighted by Gasteiger charge is 2.38. The summed E-state index contributed by atoms with van der Waals surface area (Å²) in [6.45, 7) is 3.70. The third-order valence-corrected chi connectivity index (χ3v) is 8.43. The van der Waals surface area contributed by atoms with E-state index in [9.17, 15) is 18.0 Å². The fraction of sp³-hybridized carbons (Fsp3) is 0.286. The van der Waals surface area contributed by atoms with Crippen LogP contribution < -0.4 is 5.32 Å². The first-order valence-corrected chi connectivity index (χ1v) is 15.1. The van der Waals surface area contributed by atoms with Crippen molar-refractivity contribution in [1.29, 1.82) is 0 Å². The summed E-state index contributed by atoms with van der Waals surface area (Å²) in [5, 5.41) is 18.9. The van der Waals surface area contributed by atoms with Crippen LogP contribution in [0.25, 0.3) is 29.1 Å². The Morgan fingerprint density at radius 2 is 1.65 bits per heavy atom. The van der Waals surface area contributed by atoms with Crippen LogP contribution in [0.15, 0.2) is 78.4 Å². The molecule has 3 atom stereocenters. The zero-order chi connectivity index (χ0) is 32.3. The third kappa shape index (κ3) is 7.38. The summed E-state index contributed by atoms with van der Waals surface area (Å²) < 4.78 is 37.7. The highest BCUT2D eigenvalue weighted by atomic mass is 19.4. The standard InChI is InChI=1S/C33H32N4O2.C2HF3O2/c38-33-29(30(18-34-33)25-4-2-1-3-5-25)16-24-10-14-28-31(35-36-32(28)17-24)15-11-22-6-8-23(9-7-22)19-37-20-26-12-13-27(21-37)39-26;3-2(4,5)1(6)7/h1-11,14-17,26-27,30H,12-13,18-21H2,(H,34,38)(H,35,36);(H,6,7)/b15-11+,29-16?;. The summed E-state index contributed by atoms with van der Waals surface area (Å²) in [5.74, 6) is -2.70. The molecule has 0 spiro atoms. The van der Waals surface area contributed by atoms with E-state index in [1.807, 2.05) is 24.3 Å². The number of rotatable bonds is 6. The van der Waals surface area contributed by atoms with Gasteiger partial charge < -0.3 is 15.2 Å². The summed E-state index contributed by atoms with van der Waals surface area (Å²) in [4.78, 5) is 24.0. The van der Waals surface area contributed by atoms with Crippen LogP contribution in [0.3, 0.4) is 0 Å². The van der Waals surface area contributed by atoms with Gasteiger partial charge in [0.1, 0.15) is 0 Å². The molecular formula is C35H33F3N4O4. The number of fused-ring (bicyclic) bond motifs is 3. The molecule has 2 bridgehead atoms. The van der Waals surface area contributed by atoms with Crippen LogP contribution in [-0.2, 0) is 20.9 Å². The van der Waals surface area contributed by atoms with Gasteiger partial charge in [0.05, 0.1) is 23.4 Å². The second-order valence-corrected chi connectivity index (χ2v) is 11.7. The molecule has 3 saturated heterocycles. The number of aliphatic carboxylic acids is 1. The quantitative estimate of drug-likeness (QED) is 0.225. The summed E-state index contributed by atoms with van der Waals surface area (Å²) in [7, 11) is 0. The molecule has 3 fully saturated rings. The Morgan fingerprint density at radius 3 is 2.33 bits per heavy atom. The number of aromatic nitrogens is 2. The number of carboxylic acids is 1. The number of likely N-dealkylation sites (tertiary alicyclic amines) is 1. The van der Waals surface area contributed by atoms with Crippen LogP contribution in [0.5, 0.6) is 0 Å². The van der Waals surface area contributed by atoms with Gasteiger partial charge in [0, 0.05) is 43.1 Å². The number of carbonyl (C=O) groups excluding carboxylic acids is 1. The number of benzene rings is 3. The maximum Gasteiger partial charge on any atom is 0.490 e. The molecule has 11 heteroatoms. The molecule has 3 aromatic carbocycles. The SMILES string of the molecule is O=C(O)C(F)(F)F.O=C1NCC(c2ccccc2)C1=Cc1ccc2c(/C=C/c3ccc(CN4CC5CCC(C4)O5)cc3)n[nH]c2c1. The number of alkyl halides is 3. The number of morpholine rings is 1. The first-order valence-electron chi connectivity index (χ1n) is 15.1. The monoisotopic (exact) mass is 630 g/mol. The van der Waals surface area contributed by atoms with Gasteiger partial charge in [-0.1, -0.05) is 66.7 Å². The van der Waals surface area contributed by atoms with Crippen LogP contribution in [-0.4, -0.2) is 70.1 Å². The smallest absolute Gasteiger partial charge is 0.475 e. The molecule has 238 valence electrons. The van der Waals surface area contributed by atoms with Gasteiger partial charge in [-0.2, -0.15) is 18.3 Å². The Morgan fingerprint density at radius 1 is 0.978 bits per heavy atom. The number of hydrogen-bond acceptors (Lipinski definition) is 5. The van der Waals surface area contributed by atoms with E-state index in [1.54, 1.807) is 0 Å². The number of H-pyrrole nitrogens is 1. The van der Waals surface area contributed by atoms with Gasteiger partial charge >= 0.3 is 12.1 Å². The highest BCUT2D eigenvalue weighted by Crippen LogP contribution is 2.31. The van der Waals surface area contributed by atoms with Crippen LogP contribution >= 0.6 is 0 Å². The number of aromatic amines is 1. The van der Waals surface area contributed by atoms with Crippen molar-refractivity contribution in [3.8, 4) is 0 Å². The van der Waals surface area contributed by atoms with E-state index < -0.39 is 12.1 Å². The Hall–Kier alpha value is -4.74. The predicted octanol–water partition coefficient (Wildman–Crippen LogP) is 6.03. The van der Waals surface area contributed by atoms with E-state index in [0.29, 0.717) is 18.8 Å². The van der Waals surface area contributed by atoms with Gasteiger partial charge in [0.15, 0.2) is 0 Å². The Bertz CT molecular complexity index is 1750. The maximum atomic E-state index is 12.6. The molecule has 4 heterocycles. The largest absolute Gasteiger partial charge is 0.490 e. The first kappa shape index (κ1) is 31.3. The number of hydrogen-bond donors (Lipinski definition) is 3. The average molecular weight is 631 g/mol. The fourth-order valence-electron chi connectivity index (χ4n) is 6.16. The van der Waals surface area contributed by atoms with Crippen LogP contribution in [0.1, 0.15) is 46.7 Å². The Labute approximate surface area is 263 Å². The van der Waals surface area contributed by atoms with E-state index in [1.165, 1.54) is 18.4 Å². The molecule has 7 rings (SSSR count). The average Bonchev–Trinajstić information content (AvgIpc) is 3.73. The molecule has 1 aromatic heterocycles. The number of ether oxygens (including phenoxy) is 1. The predicted molar refractivity (Wildman–Crippen MR) is 168 cm³/mol. The van der Waals surface area contributed by atoms with Crippen molar-refractivity contribution in [3.63, 3.8) is 0 Å². The lowest BCUT2D eigenvalue weighted by Gasteiger charge is -2.32. The van der Waals surface area contributed by atoms with Gasteiger partial charge in [-0.25, -0.2) is 4.79 Å². The topological polar surface area (TPSA) is 108 Å². The van der Waals surface area contributed by atoms with Gasteiger partial charge in [-0.05, 0) is 59.4 Å². The fourth-order valence-corrected chi connectivity index (χ4v) is 6.16. The van der Waals surface area contributed by atoms with Gasteiger partial charge in [0.2, 0.25) is 5.91 Å². The lowest BCUT2D eigenvalue weighted by Crippen LogP contribution is -2.41. The Balaban J connectivity index is 0.000000480. The van der Waals surface area contributed by atoms with Crippen molar-refractivity contribution in [1.82, 2.24) is 20.4 Å². The molecule has 0 saturated carbocycles. The summed E-state index contributed by atoms with van der Waals surface area (Å²) in [5.41, 5.74) is 7.27. The second kappa shape index (κ2) is 13.3. The summed E-state index contributed by atoms with van der Waals surface area (Å²) in [6, 6.07) is 25.2. The normalized spacial score (nSPS) is 22.3. The van der Waals surface area contributed by atoms with Crippen molar-refractivity contribution in [2.24, 2.45) is 0 Å². The maximum absolute atomic E-state index is 12.6. The van der Waals surface area contributed by atoms with E-state index in [0.717, 1.165) is 58.5 Å². The van der Waals surface area contributed by atoms with Crippen LogP contribution in [0, 0.1) is 0 Å². The number of carboxylic acid groups (broad SMARTS) is 1. The van der Waals surface area contributed by atoms with Gasteiger partial charge in [-0.15, -0.1) is 0 Å². The molecule has 3 N–H and O–H groups in total. The molecule has 0 aliphatic carbocycles. The van der Waals surface area contributed by atoms with E-state index in [-0.39, 0.29) is 11.8 Å². The van der Waals surface area contributed by atoms with Crippen LogP contribution in [0.2, 0.25) is 0 Å². The molecule has 8 nitrogen and oxygen atoms in total.